The molecule has 0 amide bonds. The van der Waals surface area contributed by atoms with E-state index >= 15 is 0 Å². The fourth-order valence-corrected chi connectivity index (χ4v) is 3.54. The van der Waals surface area contributed by atoms with Gasteiger partial charge in [0.05, 0.1) is 12.2 Å². The van der Waals surface area contributed by atoms with Crippen LogP contribution in [0.5, 0.6) is 0 Å². The number of benzene rings is 1. The van der Waals surface area contributed by atoms with Gasteiger partial charge in [-0.05, 0) is 36.4 Å². The fraction of sp³-hybridized carbons (Fsp3) is 0.222. The number of nitrogen functional groups attached to an aromatic ring is 1. The second-order valence-electron chi connectivity index (χ2n) is 6.44. The summed E-state index contributed by atoms with van der Waals surface area (Å²) in [4.78, 5) is 11.2. The van der Waals surface area contributed by atoms with Gasteiger partial charge < -0.3 is 10.2 Å². The average molecular weight is 386 g/mol. The predicted molar refractivity (Wildman–Crippen MR) is 98.2 cm³/mol. The van der Waals surface area contributed by atoms with Crippen LogP contribution in [-0.2, 0) is 29.6 Å². The van der Waals surface area contributed by atoms with Crippen molar-refractivity contribution in [2.75, 3.05) is 12.3 Å². The SMILES string of the molecule is Nc1ccc(-c2ncc3c(n2)CCN(Cc2ccc(S(=O)(=O)O)o2)C3)cc1. The van der Waals surface area contributed by atoms with E-state index < -0.39 is 15.2 Å². The van der Waals surface area contributed by atoms with Crippen LogP contribution < -0.4 is 5.73 Å². The maximum Gasteiger partial charge on any atom is 0.328 e. The predicted octanol–water partition coefficient (Wildman–Crippen LogP) is 2.12. The number of hydrogen-bond donors (Lipinski definition) is 2. The van der Waals surface area contributed by atoms with Crippen molar-refractivity contribution in [1.82, 2.24) is 14.9 Å². The summed E-state index contributed by atoms with van der Waals surface area (Å²) < 4.78 is 36.4. The molecule has 0 radical (unpaired) electrons. The Kier molecular flexibility index (Phi) is 4.42. The Morgan fingerprint density at radius 1 is 1.19 bits per heavy atom. The molecule has 0 saturated heterocycles. The standard InChI is InChI=1S/C18H18N4O4S/c19-14-3-1-12(2-4-14)18-20-9-13-10-22(8-7-16(13)21-18)11-15-5-6-17(26-15)27(23,24)25/h1-6,9H,7-8,10-11,19H2,(H,23,24,25). The van der Waals surface area contributed by atoms with Gasteiger partial charge in [-0.1, -0.05) is 0 Å². The zero-order valence-corrected chi connectivity index (χ0v) is 15.2. The molecule has 27 heavy (non-hydrogen) atoms. The maximum atomic E-state index is 11.1. The average Bonchev–Trinajstić information content (AvgIpc) is 3.11. The lowest BCUT2D eigenvalue weighted by molar-refractivity contribution is 0.216. The molecule has 3 N–H and O–H groups in total. The summed E-state index contributed by atoms with van der Waals surface area (Å²) in [5, 5.41) is -0.439. The molecule has 0 spiro atoms. The summed E-state index contributed by atoms with van der Waals surface area (Å²) in [6.07, 6.45) is 2.58. The summed E-state index contributed by atoms with van der Waals surface area (Å²) in [5.74, 6) is 1.15. The van der Waals surface area contributed by atoms with Gasteiger partial charge in [-0.3, -0.25) is 9.45 Å². The van der Waals surface area contributed by atoms with Crippen LogP contribution >= 0.6 is 0 Å². The number of anilines is 1. The van der Waals surface area contributed by atoms with E-state index in [1.165, 1.54) is 6.07 Å². The van der Waals surface area contributed by atoms with Gasteiger partial charge in [0.1, 0.15) is 5.76 Å². The Morgan fingerprint density at radius 2 is 1.96 bits per heavy atom. The van der Waals surface area contributed by atoms with Gasteiger partial charge in [-0.25, -0.2) is 9.97 Å². The number of hydrogen-bond acceptors (Lipinski definition) is 7. The lowest BCUT2D eigenvalue weighted by atomic mass is 10.1. The van der Waals surface area contributed by atoms with E-state index in [-0.39, 0.29) is 0 Å². The molecule has 4 rings (SSSR count). The van der Waals surface area contributed by atoms with Crippen molar-refractivity contribution >= 4 is 15.8 Å². The van der Waals surface area contributed by atoms with Crippen LogP contribution in [0.25, 0.3) is 11.4 Å². The van der Waals surface area contributed by atoms with E-state index in [9.17, 15) is 8.42 Å². The van der Waals surface area contributed by atoms with Crippen molar-refractivity contribution < 1.29 is 17.4 Å². The minimum absolute atomic E-state index is 0.439. The van der Waals surface area contributed by atoms with E-state index in [2.05, 4.69) is 14.9 Å². The van der Waals surface area contributed by atoms with Crippen LogP contribution in [0.3, 0.4) is 0 Å². The highest BCUT2D eigenvalue weighted by atomic mass is 32.2. The monoisotopic (exact) mass is 386 g/mol. The number of furan rings is 1. The van der Waals surface area contributed by atoms with Crippen LogP contribution in [-0.4, -0.2) is 34.4 Å². The molecule has 3 heterocycles. The largest absolute Gasteiger partial charge is 0.446 e. The van der Waals surface area contributed by atoms with Gasteiger partial charge >= 0.3 is 10.1 Å². The lowest BCUT2D eigenvalue weighted by Gasteiger charge is -2.27. The van der Waals surface area contributed by atoms with Crippen molar-refractivity contribution in [3.63, 3.8) is 0 Å². The molecule has 1 aliphatic heterocycles. The number of aromatic nitrogens is 2. The number of rotatable bonds is 4. The van der Waals surface area contributed by atoms with Crippen molar-refractivity contribution in [2.45, 2.75) is 24.6 Å². The van der Waals surface area contributed by atoms with Gasteiger partial charge in [0.25, 0.3) is 0 Å². The first-order valence-corrected chi connectivity index (χ1v) is 9.82. The molecule has 1 aliphatic rings. The molecule has 0 aliphatic carbocycles. The molecular formula is C18H18N4O4S. The molecule has 2 aromatic heterocycles. The first-order chi connectivity index (χ1) is 12.9. The molecule has 9 heteroatoms. The van der Waals surface area contributed by atoms with Gasteiger partial charge in [0, 0.05) is 42.5 Å². The van der Waals surface area contributed by atoms with Crippen molar-refractivity contribution in [2.24, 2.45) is 0 Å². The molecule has 0 saturated carbocycles. The van der Waals surface area contributed by atoms with Gasteiger partial charge in [-0.2, -0.15) is 8.42 Å². The summed E-state index contributed by atoms with van der Waals surface area (Å²) in [6, 6.07) is 10.3. The molecule has 140 valence electrons. The van der Waals surface area contributed by atoms with E-state index in [1.807, 2.05) is 30.5 Å². The van der Waals surface area contributed by atoms with Crippen LogP contribution in [0.15, 0.2) is 52.1 Å². The van der Waals surface area contributed by atoms with E-state index in [0.717, 1.165) is 29.8 Å². The van der Waals surface area contributed by atoms with E-state index in [4.69, 9.17) is 14.7 Å². The third-order valence-corrected chi connectivity index (χ3v) is 5.18. The minimum atomic E-state index is -4.32. The molecule has 3 aromatic rings. The Morgan fingerprint density at radius 3 is 2.67 bits per heavy atom. The Labute approximate surface area is 156 Å². The normalized spacial score (nSPS) is 14.9. The highest BCUT2D eigenvalue weighted by Crippen LogP contribution is 2.23. The maximum absolute atomic E-state index is 11.1. The summed E-state index contributed by atoms with van der Waals surface area (Å²) in [6.45, 7) is 1.83. The summed E-state index contributed by atoms with van der Waals surface area (Å²) in [5.41, 5.74) is 9.37. The number of fused-ring (bicyclic) bond motifs is 1. The smallest absolute Gasteiger partial charge is 0.328 e. The van der Waals surface area contributed by atoms with E-state index in [0.29, 0.717) is 30.4 Å². The van der Waals surface area contributed by atoms with Crippen molar-refractivity contribution in [1.29, 1.82) is 0 Å². The molecule has 0 atom stereocenters. The van der Waals surface area contributed by atoms with Gasteiger partial charge in [-0.15, -0.1) is 0 Å². The molecule has 0 bridgehead atoms. The zero-order valence-electron chi connectivity index (χ0n) is 14.4. The Hall–Kier alpha value is -2.75. The highest BCUT2D eigenvalue weighted by Gasteiger charge is 2.21. The molecular weight excluding hydrogens is 368 g/mol. The second-order valence-corrected chi connectivity index (χ2v) is 7.80. The van der Waals surface area contributed by atoms with E-state index in [1.54, 1.807) is 6.07 Å². The second kappa shape index (κ2) is 6.76. The first-order valence-electron chi connectivity index (χ1n) is 8.38. The molecule has 0 unspecified atom stereocenters. The first kappa shape index (κ1) is 17.7. The summed E-state index contributed by atoms with van der Waals surface area (Å²) in [7, 11) is -4.32. The van der Waals surface area contributed by atoms with Crippen LogP contribution in [0, 0.1) is 0 Å². The van der Waals surface area contributed by atoms with Crippen LogP contribution in [0.1, 0.15) is 17.0 Å². The van der Waals surface area contributed by atoms with Crippen molar-refractivity contribution in [3.05, 3.63) is 59.6 Å². The van der Waals surface area contributed by atoms with Gasteiger partial charge in [0.2, 0.25) is 5.09 Å². The third kappa shape index (κ3) is 3.85. The Balaban J connectivity index is 1.49. The minimum Gasteiger partial charge on any atom is -0.446 e. The Bertz CT molecular complexity index is 1080. The quantitative estimate of drug-likeness (QED) is 0.516. The topological polar surface area (TPSA) is 123 Å². The van der Waals surface area contributed by atoms with Crippen molar-refractivity contribution in [3.8, 4) is 11.4 Å². The highest BCUT2D eigenvalue weighted by molar-refractivity contribution is 7.85. The third-order valence-electron chi connectivity index (χ3n) is 4.45. The lowest BCUT2D eigenvalue weighted by Crippen LogP contribution is -2.30. The summed E-state index contributed by atoms with van der Waals surface area (Å²) >= 11 is 0. The van der Waals surface area contributed by atoms with Crippen LogP contribution in [0.2, 0.25) is 0 Å². The molecule has 1 aromatic carbocycles. The zero-order chi connectivity index (χ0) is 19.0. The molecule has 8 nitrogen and oxygen atoms in total. The number of nitrogens with zero attached hydrogens (tertiary/aromatic N) is 3. The van der Waals surface area contributed by atoms with Crippen LogP contribution in [0.4, 0.5) is 5.69 Å². The fourth-order valence-electron chi connectivity index (χ4n) is 3.08. The number of nitrogens with two attached hydrogens (primary N) is 1. The molecule has 0 fully saturated rings. The van der Waals surface area contributed by atoms with Gasteiger partial charge in [0.15, 0.2) is 5.82 Å².